The van der Waals surface area contributed by atoms with Crippen LogP contribution in [0.1, 0.15) is 37.3 Å². The van der Waals surface area contributed by atoms with Crippen LogP contribution in [0.3, 0.4) is 0 Å². The van der Waals surface area contributed by atoms with Gasteiger partial charge in [0.15, 0.2) is 10.8 Å². The summed E-state index contributed by atoms with van der Waals surface area (Å²) >= 11 is 5.99. The van der Waals surface area contributed by atoms with Gasteiger partial charge in [-0.15, -0.1) is 0 Å². The third kappa shape index (κ3) is 3.13. The van der Waals surface area contributed by atoms with Crippen molar-refractivity contribution in [2.24, 2.45) is 0 Å². The van der Waals surface area contributed by atoms with Crippen molar-refractivity contribution in [2.75, 3.05) is 5.32 Å². The molecule has 7 nitrogen and oxygen atoms in total. The Morgan fingerprint density at radius 3 is 3.04 bits per heavy atom. The molecule has 0 radical (unpaired) electrons. The van der Waals surface area contributed by atoms with Gasteiger partial charge in [0.05, 0.1) is 12.5 Å². The zero-order chi connectivity index (χ0) is 17.2. The Balaban J connectivity index is 1.51. The summed E-state index contributed by atoms with van der Waals surface area (Å²) in [5.41, 5.74) is 2.12. The lowest BCUT2D eigenvalue weighted by molar-refractivity contribution is 0.335. The Morgan fingerprint density at radius 1 is 1.28 bits per heavy atom. The molecule has 0 aromatic carbocycles. The topological polar surface area (TPSA) is 92.3 Å². The Morgan fingerprint density at radius 2 is 2.20 bits per heavy atom. The van der Waals surface area contributed by atoms with Crippen LogP contribution >= 0.6 is 11.6 Å². The summed E-state index contributed by atoms with van der Waals surface area (Å²) in [6, 6.07) is 6.42. The zero-order valence-electron chi connectivity index (χ0n) is 13.4. The van der Waals surface area contributed by atoms with Gasteiger partial charge in [-0.25, -0.2) is 15.0 Å². The van der Waals surface area contributed by atoms with Crippen molar-refractivity contribution >= 4 is 28.7 Å². The van der Waals surface area contributed by atoms with Gasteiger partial charge in [-0.3, -0.25) is 0 Å². The summed E-state index contributed by atoms with van der Waals surface area (Å²) in [7, 11) is 0. The van der Waals surface area contributed by atoms with E-state index in [4.69, 9.17) is 16.9 Å². The highest BCUT2D eigenvalue weighted by molar-refractivity contribution is 6.30. The van der Waals surface area contributed by atoms with Crippen LogP contribution < -0.4 is 5.32 Å². The van der Waals surface area contributed by atoms with Gasteiger partial charge in [0.1, 0.15) is 17.1 Å². The summed E-state index contributed by atoms with van der Waals surface area (Å²) in [5, 5.41) is 12.4. The molecule has 0 aliphatic heterocycles. The average molecular weight is 354 g/mol. The van der Waals surface area contributed by atoms with E-state index in [1.54, 1.807) is 6.20 Å². The van der Waals surface area contributed by atoms with Crippen molar-refractivity contribution in [3.63, 3.8) is 0 Å². The lowest BCUT2D eigenvalue weighted by atomic mass is 9.91. The first-order valence-corrected chi connectivity index (χ1v) is 8.59. The predicted octanol–water partition coefficient (Wildman–Crippen LogP) is 3.34. The minimum Gasteiger partial charge on any atom is -0.351 e. The Bertz CT molecular complexity index is 946. The quantitative estimate of drug-likeness (QED) is 0.726. The van der Waals surface area contributed by atoms with Crippen molar-refractivity contribution in [1.29, 1.82) is 5.26 Å². The average Bonchev–Trinajstić information content (AvgIpc) is 3.06. The first-order chi connectivity index (χ1) is 12.2. The molecule has 1 saturated carbocycles. The van der Waals surface area contributed by atoms with Crippen molar-refractivity contribution < 1.29 is 0 Å². The SMILES string of the molecule is N#Cc1cnc(N[C@@H]2CCC[C@H](n3cnc4cccnc43)C2)nc1Cl. The smallest absolute Gasteiger partial charge is 0.224 e. The molecule has 1 fully saturated rings. The molecule has 0 spiro atoms. The highest BCUT2D eigenvalue weighted by Crippen LogP contribution is 2.31. The number of fused-ring (bicyclic) bond motifs is 1. The maximum absolute atomic E-state index is 8.91. The summed E-state index contributed by atoms with van der Waals surface area (Å²) in [4.78, 5) is 17.3. The summed E-state index contributed by atoms with van der Waals surface area (Å²) in [6.45, 7) is 0. The van der Waals surface area contributed by atoms with E-state index in [1.807, 2.05) is 24.5 Å². The molecule has 1 N–H and O–H groups in total. The van der Waals surface area contributed by atoms with E-state index in [0.29, 0.717) is 12.0 Å². The monoisotopic (exact) mass is 353 g/mol. The molecule has 8 heteroatoms. The van der Waals surface area contributed by atoms with E-state index in [2.05, 4.69) is 29.8 Å². The largest absolute Gasteiger partial charge is 0.351 e. The number of aromatic nitrogens is 5. The van der Waals surface area contributed by atoms with E-state index in [0.717, 1.165) is 36.8 Å². The van der Waals surface area contributed by atoms with Crippen LogP contribution in [0.5, 0.6) is 0 Å². The second-order valence-corrected chi connectivity index (χ2v) is 6.53. The van der Waals surface area contributed by atoms with E-state index in [1.165, 1.54) is 6.20 Å². The van der Waals surface area contributed by atoms with Crippen LogP contribution in [0.2, 0.25) is 5.15 Å². The lowest BCUT2D eigenvalue weighted by Crippen LogP contribution is -2.29. The first-order valence-electron chi connectivity index (χ1n) is 8.21. The Labute approximate surface area is 149 Å². The molecule has 25 heavy (non-hydrogen) atoms. The molecule has 3 aromatic rings. The highest BCUT2D eigenvalue weighted by atomic mass is 35.5. The van der Waals surface area contributed by atoms with Gasteiger partial charge in [0.2, 0.25) is 5.95 Å². The minimum atomic E-state index is 0.178. The fraction of sp³-hybridized carbons (Fsp3) is 0.353. The highest BCUT2D eigenvalue weighted by Gasteiger charge is 2.25. The van der Waals surface area contributed by atoms with E-state index < -0.39 is 0 Å². The Kier molecular flexibility index (Phi) is 4.20. The molecule has 1 aliphatic rings. The van der Waals surface area contributed by atoms with Gasteiger partial charge >= 0.3 is 0 Å². The van der Waals surface area contributed by atoms with E-state index >= 15 is 0 Å². The number of imidazole rings is 1. The van der Waals surface area contributed by atoms with Crippen LogP contribution in [0.4, 0.5) is 5.95 Å². The number of anilines is 1. The normalized spacial score (nSPS) is 20.3. The molecule has 126 valence electrons. The van der Waals surface area contributed by atoms with Crippen molar-refractivity contribution in [2.45, 2.75) is 37.8 Å². The van der Waals surface area contributed by atoms with Gasteiger partial charge in [0.25, 0.3) is 0 Å². The molecule has 3 aromatic heterocycles. The maximum Gasteiger partial charge on any atom is 0.224 e. The maximum atomic E-state index is 8.91. The molecule has 0 bridgehead atoms. The van der Waals surface area contributed by atoms with Crippen molar-refractivity contribution in [3.8, 4) is 6.07 Å². The van der Waals surface area contributed by atoms with E-state index in [-0.39, 0.29) is 16.8 Å². The van der Waals surface area contributed by atoms with Gasteiger partial charge in [0, 0.05) is 18.3 Å². The first kappa shape index (κ1) is 15.8. The van der Waals surface area contributed by atoms with Crippen LogP contribution in [0.15, 0.2) is 30.9 Å². The second-order valence-electron chi connectivity index (χ2n) is 6.17. The number of nitriles is 1. The molecule has 0 saturated heterocycles. The summed E-state index contributed by atoms with van der Waals surface area (Å²) < 4.78 is 2.16. The molecule has 0 amide bonds. The van der Waals surface area contributed by atoms with Gasteiger partial charge < -0.3 is 9.88 Å². The second kappa shape index (κ2) is 6.65. The predicted molar refractivity (Wildman–Crippen MR) is 94.2 cm³/mol. The lowest BCUT2D eigenvalue weighted by Gasteiger charge is -2.30. The molecule has 2 atom stereocenters. The van der Waals surface area contributed by atoms with Crippen LogP contribution in [0, 0.1) is 11.3 Å². The zero-order valence-corrected chi connectivity index (χ0v) is 14.2. The number of hydrogen-bond donors (Lipinski definition) is 1. The van der Waals surface area contributed by atoms with Crippen LogP contribution in [0.25, 0.3) is 11.2 Å². The number of halogens is 1. The fourth-order valence-electron chi connectivity index (χ4n) is 3.37. The fourth-order valence-corrected chi connectivity index (χ4v) is 3.54. The van der Waals surface area contributed by atoms with Crippen LogP contribution in [-0.2, 0) is 0 Å². The summed E-state index contributed by atoms with van der Waals surface area (Å²) in [6.07, 6.45) is 9.28. The standard InChI is InChI=1S/C17H16ClN7/c18-15-11(8-19)9-21-17(24-15)23-12-3-1-4-13(7-12)25-10-22-14-5-2-6-20-16(14)25/h2,5-6,9-10,12-13H,1,3-4,7H2,(H,21,23,24)/t12-,13+/m1/s1. The van der Waals surface area contributed by atoms with Gasteiger partial charge in [-0.05, 0) is 37.8 Å². The Hall–Kier alpha value is -2.72. The van der Waals surface area contributed by atoms with Crippen LogP contribution in [-0.4, -0.2) is 30.5 Å². The summed E-state index contributed by atoms with van der Waals surface area (Å²) in [5.74, 6) is 0.461. The molecule has 4 rings (SSSR count). The molecule has 0 unspecified atom stereocenters. The number of nitrogens with one attached hydrogen (secondary N) is 1. The van der Waals surface area contributed by atoms with Crippen molar-refractivity contribution in [1.82, 2.24) is 24.5 Å². The number of nitrogens with zero attached hydrogens (tertiary/aromatic N) is 6. The minimum absolute atomic E-state index is 0.178. The van der Waals surface area contributed by atoms with Crippen molar-refractivity contribution in [3.05, 3.63) is 41.6 Å². The molecule has 1 aliphatic carbocycles. The van der Waals surface area contributed by atoms with Gasteiger partial charge in [-0.1, -0.05) is 11.6 Å². The third-order valence-corrected chi connectivity index (χ3v) is 4.86. The third-order valence-electron chi connectivity index (χ3n) is 4.57. The number of rotatable bonds is 3. The van der Waals surface area contributed by atoms with Gasteiger partial charge in [-0.2, -0.15) is 10.2 Å². The molecule has 3 heterocycles. The number of pyridine rings is 1. The van der Waals surface area contributed by atoms with E-state index in [9.17, 15) is 0 Å². The molecular formula is C17H16ClN7. The number of hydrogen-bond acceptors (Lipinski definition) is 6. The molecular weight excluding hydrogens is 338 g/mol.